The second kappa shape index (κ2) is 13.7. The van der Waals surface area contributed by atoms with Crippen molar-refractivity contribution < 1.29 is 49.1 Å². The predicted molar refractivity (Wildman–Crippen MR) is 163 cm³/mol. The molecule has 2 aliphatic rings. The first kappa shape index (κ1) is 36.6. The molecule has 1 aliphatic carbocycles. The van der Waals surface area contributed by atoms with E-state index in [1.54, 1.807) is 0 Å². The largest absolute Gasteiger partial charge is 0.573 e. The highest BCUT2D eigenvalue weighted by Crippen LogP contribution is 2.40. The minimum atomic E-state index is -5.52. The summed E-state index contributed by atoms with van der Waals surface area (Å²) in [5.74, 6) is -5.36. The zero-order valence-corrected chi connectivity index (χ0v) is 27.3. The number of nitrogens with zero attached hydrogens (tertiary/aromatic N) is 3. The van der Waals surface area contributed by atoms with Gasteiger partial charge >= 0.3 is 18.4 Å². The van der Waals surface area contributed by atoms with Gasteiger partial charge in [-0.25, -0.2) is 8.42 Å². The Morgan fingerprint density at radius 1 is 1.06 bits per heavy atom. The fraction of sp³-hybridized carbons (Fsp3) is 0.533. The third-order valence-corrected chi connectivity index (χ3v) is 10.9. The number of hydrogen-bond acceptors (Lipinski definition) is 7. The highest BCUT2D eigenvalue weighted by atomic mass is 35.5. The smallest absolute Gasteiger partial charge is 0.406 e. The molecule has 260 valence electrons. The number of nitrogens with two attached hydrogens (primary N) is 1. The molecule has 0 radical (unpaired) electrons. The summed E-state index contributed by atoms with van der Waals surface area (Å²) in [6.07, 6.45) is -9.79. The van der Waals surface area contributed by atoms with Crippen molar-refractivity contribution in [2.45, 2.75) is 81.1 Å². The highest BCUT2D eigenvalue weighted by molar-refractivity contribution is 7.91. The zero-order valence-electron chi connectivity index (χ0n) is 25.7. The Kier molecular flexibility index (Phi) is 10.7. The Bertz CT molecular complexity index is 1570. The van der Waals surface area contributed by atoms with Crippen molar-refractivity contribution in [1.29, 1.82) is 0 Å². The lowest BCUT2D eigenvalue weighted by Crippen LogP contribution is -2.55. The lowest BCUT2D eigenvalue weighted by Gasteiger charge is -2.44. The number of sulfone groups is 1. The molecule has 2 aromatic carbocycles. The average molecular weight is 713 g/mol. The molecule has 0 spiro atoms. The minimum Gasteiger partial charge on any atom is -0.406 e. The third-order valence-electron chi connectivity index (χ3n) is 8.79. The summed E-state index contributed by atoms with van der Waals surface area (Å²) in [5.41, 5.74) is 4.57. The van der Waals surface area contributed by atoms with E-state index in [0.717, 1.165) is 12.1 Å². The van der Waals surface area contributed by atoms with Gasteiger partial charge in [-0.05, 0) is 88.9 Å². The minimum absolute atomic E-state index is 0.0176. The van der Waals surface area contributed by atoms with Gasteiger partial charge in [-0.1, -0.05) is 11.6 Å². The molecule has 1 saturated carbocycles. The summed E-state index contributed by atoms with van der Waals surface area (Å²) in [6, 6.07) is 5.31. The molecule has 4 atom stereocenters. The number of hydrogen-bond donors (Lipinski definition) is 1. The fourth-order valence-electron chi connectivity index (χ4n) is 6.36. The molecule has 2 amide bonds. The van der Waals surface area contributed by atoms with Crippen LogP contribution in [0.2, 0.25) is 5.02 Å². The van der Waals surface area contributed by atoms with Crippen LogP contribution in [-0.2, 0) is 19.4 Å². The van der Waals surface area contributed by atoms with Crippen LogP contribution >= 0.6 is 11.6 Å². The third kappa shape index (κ3) is 8.44. The molecule has 17 heteroatoms. The van der Waals surface area contributed by atoms with Gasteiger partial charge in [-0.3, -0.25) is 14.5 Å². The van der Waals surface area contributed by atoms with Crippen molar-refractivity contribution in [3.8, 4) is 5.75 Å². The Morgan fingerprint density at radius 3 is 2.28 bits per heavy atom. The topological polar surface area (TPSA) is 113 Å². The summed E-state index contributed by atoms with van der Waals surface area (Å²) in [4.78, 5) is 30.2. The van der Waals surface area contributed by atoms with Gasteiger partial charge in [0.25, 0.3) is 0 Å². The Morgan fingerprint density at radius 2 is 1.70 bits per heavy atom. The Labute approximate surface area is 273 Å². The van der Waals surface area contributed by atoms with Crippen LogP contribution < -0.4 is 15.4 Å². The Balaban J connectivity index is 1.70. The number of nitrogen functional groups attached to an aromatic ring is 1. The molecule has 9 nitrogen and oxygen atoms in total. The van der Waals surface area contributed by atoms with E-state index >= 15 is 0 Å². The number of ether oxygens (including phenoxy) is 1. The van der Waals surface area contributed by atoms with E-state index in [1.165, 1.54) is 29.2 Å². The maximum Gasteiger partial charge on any atom is 0.573 e. The molecule has 0 aromatic heterocycles. The SMILES string of the molecule is CC(C)N(C)[C@@H]1CC[C@H](N2CC[C@H](N(C(=O)C(F)(F)F)c3cc(OC(F)(F)F)ccc3N)C2=O)[C@@H](CS(=O)(=O)c2ccc(Cl)cc2)C1. The van der Waals surface area contributed by atoms with E-state index in [0.29, 0.717) is 30.4 Å². The van der Waals surface area contributed by atoms with Gasteiger partial charge in [0, 0.05) is 35.8 Å². The van der Waals surface area contributed by atoms with E-state index in [-0.39, 0.29) is 40.6 Å². The van der Waals surface area contributed by atoms with Crippen LogP contribution in [0, 0.1) is 5.92 Å². The zero-order chi connectivity index (χ0) is 35.1. The number of amides is 2. The predicted octanol–water partition coefficient (Wildman–Crippen LogP) is 5.67. The number of benzene rings is 2. The van der Waals surface area contributed by atoms with Crippen LogP contribution in [0.15, 0.2) is 47.4 Å². The number of likely N-dealkylation sites (tertiary alicyclic amines) is 1. The van der Waals surface area contributed by atoms with Gasteiger partial charge in [-0.2, -0.15) is 13.2 Å². The van der Waals surface area contributed by atoms with Crippen molar-refractivity contribution in [2.24, 2.45) is 5.92 Å². The van der Waals surface area contributed by atoms with Crippen LogP contribution in [0.1, 0.15) is 39.5 Å². The second-order valence-corrected chi connectivity index (χ2v) is 14.5. The number of carbonyl (C=O) groups is 2. The second-order valence-electron chi connectivity index (χ2n) is 12.1. The molecule has 0 unspecified atom stereocenters. The van der Waals surface area contributed by atoms with Gasteiger partial charge in [0.05, 0.1) is 22.0 Å². The average Bonchev–Trinajstić information content (AvgIpc) is 3.33. The van der Waals surface area contributed by atoms with Crippen molar-refractivity contribution in [2.75, 3.05) is 30.0 Å². The maximum atomic E-state index is 14.0. The highest BCUT2D eigenvalue weighted by Gasteiger charge is 2.52. The molecule has 0 bridgehead atoms. The van der Waals surface area contributed by atoms with E-state index in [4.69, 9.17) is 17.3 Å². The molecular weight excluding hydrogens is 678 g/mol. The normalized spacial score (nSPS) is 22.6. The fourth-order valence-corrected chi connectivity index (χ4v) is 8.16. The summed E-state index contributed by atoms with van der Waals surface area (Å²) in [6.45, 7) is 3.83. The van der Waals surface area contributed by atoms with E-state index in [2.05, 4.69) is 9.64 Å². The monoisotopic (exact) mass is 712 g/mol. The first-order valence-electron chi connectivity index (χ1n) is 14.8. The number of halogens is 7. The number of alkyl halides is 6. The van der Waals surface area contributed by atoms with Gasteiger partial charge in [-0.15, -0.1) is 13.2 Å². The van der Waals surface area contributed by atoms with Crippen LogP contribution in [-0.4, -0.2) is 86.1 Å². The summed E-state index contributed by atoms with van der Waals surface area (Å²) < 4.78 is 111. The van der Waals surface area contributed by atoms with Crippen molar-refractivity contribution >= 4 is 44.6 Å². The molecule has 4 rings (SSSR count). The standard InChI is InChI=1S/C30H35ClF6N4O5S/c1-17(2)39(3)20-6-11-24(18(14-20)16-47(44,45)22-8-4-19(31)5-9-22)40-13-12-25(27(40)42)41(28(43)29(32,33)34)26-15-21(7-10-23(26)38)46-30(35,36)37/h4-5,7-10,15,17-18,20,24-25H,6,11-14,16,38H2,1-3H3/t18-,20-,24+,25+/m1/s1. The van der Waals surface area contributed by atoms with E-state index in [9.17, 15) is 44.3 Å². The first-order valence-corrected chi connectivity index (χ1v) is 16.8. The van der Waals surface area contributed by atoms with Gasteiger partial charge in [0.2, 0.25) is 5.91 Å². The molecule has 47 heavy (non-hydrogen) atoms. The summed E-state index contributed by atoms with van der Waals surface area (Å²) in [5, 5.41) is 0.334. The number of rotatable bonds is 9. The van der Waals surface area contributed by atoms with Crippen molar-refractivity contribution in [3.63, 3.8) is 0 Å². The van der Waals surface area contributed by atoms with Crippen LogP contribution in [0.4, 0.5) is 37.7 Å². The van der Waals surface area contributed by atoms with Gasteiger partial charge < -0.3 is 20.3 Å². The van der Waals surface area contributed by atoms with Crippen molar-refractivity contribution in [3.05, 3.63) is 47.5 Å². The lowest BCUT2D eigenvalue weighted by molar-refractivity contribution is -0.274. The summed E-state index contributed by atoms with van der Waals surface area (Å²) in [7, 11) is -2.01. The maximum absolute atomic E-state index is 14.0. The van der Waals surface area contributed by atoms with Crippen molar-refractivity contribution in [1.82, 2.24) is 9.80 Å². The number of carbonyl (C=O) groups excluding carboxylic acids is 2. The van der Waals surface area contributed by atoms with Gasteiger partial charge in [0.1, 0.15) is 11.8 Å². The van der Waals surface area contributed by atoms with E-state index in [1.807, 2.05) is 20.9 Å². The molecular formula is C30H35ClF6N4O5S. The molecule has 1 heterocycles. The number of anilines is 2. The van der Waals surface area contributed by atoms with Crippen LogP contribution in [0.25, 0.3) is 0 Å². The summed E-state index contributed by atoms with van der Waals surface area (Å²) >= 11 is 5.94. The molecule has 1 saturated heterocycles. The molecule has 2 N–H and O–H groups in total. The molecule has 2 fully saturated rings. The first-order chi connectivity index (χ1) is 21.7. The van der Waals surface area contributed by atoms with Gasteiger partial charge in [0.15, 0.2) is 9.84 Å². The quantitative estimate of drug-likeness (QED) is 0.264. The Hall–Kier alpha value is -3.24. The molecule has 2 aromatic rings. The van der Waals surface area contributed by atoms with Crippen LogP contribution in [0.3, 0.4) is 0 Å². The van der Waals surface area contributed by atoms with E-state index < -0.39 is 69.3 Å². The van der Waals surface area contributed by atoms with Crippen LogP contribution in [0.5, 0.6) is 5.75 Å². The lowest BCUT2D eigenvalue weighted by atomic mass is 9.81. The molecule has 1 aliphatic heterocycles.